The minimum absolute atomic E-state index is 0.141. The number of hydrogen-bond acceptors (Lipinski definition) is 7. The molecule has 1 aliphatic carbocycles. The quantitative estimate of drug-likeness (QED) is 0.505. The van der Waals surface area contributed by atoms with Gasteiger partial charge in [0.2, 0.25) is 0 Å². The molecule has 0 radical (unpaired) electrons. The van der Waals surface area contributed by atoms with Crippen molar-refractivity contribution < 1.29 is 9.84 Å². The zero-order valence-electron chi connectivity index (χ0n) is 20.2. The fourth-order valence-corrected chi connectivity index (χ4v) is 5.64. The number of aliphatic hydroxyl groups is 1. The molecule has 4 atom stereocenters. The number of methoxy groups -OCH3 is 1. The lowest BCUT2D eigenvalue weighted by Gasteiger charge is -2.21. The predicted molar refractivity (Wildman–Crippen MR) is 139 cm³/mol. The molecular formula is C26H36N4O2S. The van der Waals surface area contributed by atoms with E-state index in [-0.39, 0.29) is 6.17 Å². The Balaban J connectivity index is 1.54. The summed E-state index contributed by atoms with van der Waals surface area (Å²) < 4.78 is 4.91. The standard InChI is InChI=1S/C26H36N4O2S/c1-29(2)19-9-6-17(7-10-19)24-25(18-8-11-20(16-18)30(3)4)28-26(27-24)22-14-12-21(33-22)13-15-23(31)32-5/h6-7,9-10,12-13,15-16,20,22-23,26-28,31H,8,11,14H2,1-5H3/b15-13+/t20?,22?,23?,26-/m0/s1. The second-order valence-corrected chi connectivity index (χ2v) is 10.5. The number of ether oxygens (including phenoxy) is 1. The molecule has 4 rings (SSSR count). The van der Waals surface area contributed by atoms with Crippen LogP contribution in [-0.4, -0.2) is 69.1 Å². The summed E-state index contributed by atoms with van der Waals surface area (Å²) in [6.07, 6.45) is 10.8. The van der Waals surface area contributed by atoms with Crippen molar-refractivity contribution in [2.75, 3.05) is 40.2 Å². The van der Waals surface area contributed by atoms with Crippen LogP contribution in [0.15, 0.2) is 64.7 Å². The van der Waals surface area contributed by atoms with E-state index in [1.165, 1.54) is 35.3 Å². The number of thioether (sulfide) groups is 1. The molecule has 6 nitrogen and oxygen atoms in total. The van der Waals surface area contributed by atoms with Gasteiger partial charge in [-0.3, -0.25) is 0 Å². The van der Waals surface area contributed by atoms with Crippen LogP contribution in [0.1, 0.15) is 24.8 Å². The van der Waals surface area contributed by atoms with Crippen molar-refractivity contribution in [2.24, 2.45) is 0 Å². The van der Waals surface area contributed by atoms with Gasteiger partial charge in [0, 0.05) is 37.8 Å². The first-order valence-electron chi connectivity index (χ1n) is 11.5. The van der Waals surface area contributed by atoms with Gasteiger partial charge in [0.25, 0.3) is 0 Å². The summed E-state index contributed by atoms with van der Waals surface area (Å²) in [6, 6.07) is 9.26. The van der Waals surface area contributed by atoms with Crippen molar-refractivity contribution in [3.05, 3.63) is 70.3 Å². The molecule has 3 aliphatic rings. The van der Waals surface area contributed by atoms with E-state index in [0.717, 1.165) is 24.2 Å². The molecule has 1 aromatic carbocycles. The second kappa shape index (κ2) is 10.4. The molecule has 2 heterocycles. The molecule has 0 saturated carbocycles. The van der Waals surface area contributed by atoms with Gasteiger partial charge < -0.3 is 30.3 Å². The lowest BCUT2D eigenvalue weighted by Crippen LogP contribution is -2.41. The molecule has 1 aromatic rings. The minimum atomic E-state index is -0.864. The summed E-state index contributed by atoms with van der Waals surface area (Å²) in [5.41, 5.74) is 6.23. The van der Waals surface area contributed by atoms with E-state index in [9.17, 15) is 5.11 Å². The Morgan fingerprint density at radius 3 is 2.48 bits per heavy atom. The molecular weight excluding hydrogens is 432 g/mol. The predicted octanol–water partition coefficient (Wildman–Crippen LogP) is 3.50. The highest BCUT2D eigenvalue weighted by molar-refractivity contribution is 8.04. The van der Waals surface area contributed by atoms with E-state index < -0.39 is 6.29 Å². The summed E-state index contributed by atoms with van der Waals surface area (Å²) in [5, 5.41) is 17.7. The molecule has 0 bridgehead atoms. The molecule has 0 aromatic heterocycles. The van der Waals surface area contributed by atoms with Crippen molar-refractivity contribution >= 4 is 23.1 Å². The van der Waals surface area contributed by atoms with E-state index in [1.54, 1.807) is 6.08 Å². The van der Waals surface area contributed by atoms with E-state index in [2.05, 4.69) is 85.0 Å². The van der Waals surface area contributed by atoms with Gasteiger partial charge in [-0.2, -0.15) is 0 Å². The summed E-state index contributed by atoms with van der Waals surface area (Å²) in [5.74, 6) is 0. The third-order valence-electron chi connectivity index (χ3n) is 6.49. The Morgan fingerprint density at radius 2 is 1.85 bits per heavy atom. The maximum absolute atomic E-state index is 9.64. The minimum Gasteiger partial charge on any atom is -0.378 e. The third-order valence-corrected chi connectivity index (χ3v) is 7.83. The van der Waals surface area contributed by atoms with Crippen molar-refractivity contribution in [3.8, 4) is 0 Å². The second-order valence-electron chi connectivity index (χ2n) is 9.20. The van der Waals surface area contributed by atoms with Crippen LogP contribution in [0.3, 0.4) is 0 Å². The number of nitrogens with zero attached hydrogens (tertiary/aromatic N) is 2. The molecule has 2 aliphatic heterocycles. The topological polar surface area (TPSA) is 60.0 Å². The number of allylic oxidation sites excluding steroid dienone is 3. The number of nitrogens with one attached hydrogen (secondary N) is 2. The van der Waals surface area contributed by atoms with Crippen LogP contribution < -0.4 is 15.5 Å². The average Bonchev–Trinajstić information content (AvgIpc) is 3.56. The fraction of sp³-hybridized carbons (Fsp3) is 0.462. The Bertz CT molecular complexity index is 965. The molecule has 3 unspecified atom stereocenters. The average molecular weight is 469 g/mol. The first-order chi connectivity index (χ1) is 15.9. The Kier molecular flexibility index (Phi) is 7.54. The summed E-state index contributed by atoms with van der Waals surface area (Å²) in [4.78, 5) is 5.58. The SMILES string of the molecule is COC(O)/C=C/C1=CCC([C@@H]2NC(C3=CC(N(C)C)CC3)=C(c3ccc(N(C)C)cc3)N2)S1. The van der Waals surface area contributed by atoms with E-state index in [4.69, 9.17) is 4.74 Å². The van der Waals surface area contributed by atoms with Crippen molar-refractivity contribution in [1.82, 2.24) is 15.5 Å². The van der Waals surface area contributed by atoms with E-state index >= 15 is 0 Å². The Labute approximate surface area is 202 Å². The van der Waals surface area contributed by atoms with Crippen molar-refractivity contribution in [2.45, 2.75) is 43.0 Å². The zero-order valence-corrected chi connectivity index (χ0v) is 21.0. The summed E-state index contributed by atoms with van der Waals surface area (Å²) in [7, 11) is 9.94. The number of aliphatic hydroxyl groups excluding tert-OH is 1. The highest BCUT2D eigenvalue weighted by Gasteiger charge is 2.35. The molecule has 0 amide bonds. The summed E-state index contributed by atoms with van der Waals surface area (Å²) in [6.45, 7) is 0. The van der Waals surface area contributed by atoms with Gasteiger partial charge in [-0.15, -0.1) is 11.8 Å². The lowest BCUT2D eigenvalue weighted by atomic mass is 10.1. The van der Waals surface area contributed by atoms with Gasteiger partial charge in [0.15, 0.2) is 6.29 Å². The number of rotatable bonds is 8. The maximum atomic E-state index is 9.64. The maximum Gasteiger partial charge on any atom is 0.174 e. The highest BCUT2D eigenvalue weighted by atomic mass is 32.2. The smallest absolute Gasteiger partial charge is 0.174 e. The molecule has 3 N–H and O–H groups in total. The van der Waals surface area contributed by atoms with Crippen LogP contribution in [0.5, 0.6) is 0 Å². The molecule has 7 heteroatoms. The van der Waals surface area contributed by atoms with Crippen LogP contribution in [0.25, 0.3) is 5.70 Å². The number of hydrogen-bond donors (Lipinski definition) is 3. The molecule has 178 valence electrons. The van der Waals surface area contributed by atoms with E-state index in [1.807, 2.05) is 17.8 Å². The van der Waals surface area contributed by atoms with Crippen LogP contribution >= 0.6 is 11.8 Å². The van der Waals surface area contributed by atoms with Gasteiger partial charge in [0.1, 0.15) is 6.17 Å². The number of anilines is 1. The molecule has 0 spiro atoms. The number of likely N-dealkylation sites (N-methyl/N-ethyl adjacent to an activating group) is 1. The number of benzene rings is 1. The third kappa shape index (κ3) is 5.49. The van der Waals surface area contributed by atoms with Crippen molar-refractivity contribution in [3.63, 3.8) is 0 Å². The Hall–Kier alpha value is -2.19. The molecule has 33 heavy (non-hydrogen) atoms. The largest absolute Gasteiger partial charge is 0.378 e. The first-order valence-corrected chi connectivity index (χ1v) is 12.4. The van der Waals surface area contributed by atoms with Gasteiger partial charge >= 0.3 is 0 Å². The normalized spacial score (nSPS) is 26.0. The molecule has 0 fully saturated rings. The van der Waals surface area contributed by atoms with Crippen molar-refractivity contribution in [1.29, 1.82) is 0 Å². The van der Waals surface area contributed by atoms with E-state index in [0.29, 0.717) is 11.3 Å². The van der Waals surface area contributed by atoms with Gasteiger partial charge in [-0.25, -0.2) is 0 Å². The van der Waals surface area contributed by atoms with Gasteiger partial charge in [0.05, 0.1) is 16.6 Å². The van der Waals surface area contributed by atoms with Gasteiger partial charge in [-0.1, -0.05) is 24.3 Å². The lowest BCUT2D eigenvalue weighted by molar-refractivity contribution is -0.0356. The molecule has 0 saturated heterocycles. The fourth-order valence-electron chi connectivity index (χ4n) is 4.47. The summed E-state index contributed by atoms with van der Waals surface area (Å²) >= 11 is 1.84. The zero-order chi connectivity index (χ0) is 23.5. The van der Waals surface area contributed by atoms with Gasteiger partial charge in [-0.05, 0) is 68.8 Å². The highest BCUT2D eigenvalue weighted by Crippen LogP contribution is 2.39. The van der Waals surface area contributed by atoms with Crippen LogP contribution in [0.2, 0.25) is 0 Å². The van der Waals surface area contributed by atoms with Crippen LogP contribution in [0, 0.1) is 0 Å². The van der Waals surface area contributed by atoms with Crippen LogP contribution in [0.4, 0.5) is 5.69 Å². The first kappa shape index (κ1) is 24.0. The Morgan fingerprint density at radius 1 is 1.12 bits per heavy atom. The van der Waals surface area contributed by atoms with Crippen LogP contribution in [-0.2, 0) is 4.74 Å². The monoisotopic (exact) mass is 468 g/mol.